The molecule has 34 heavy (non-hydrogen) atoms. The molecule has 1 aromatic heterocycles. The van der Waals surface area contributed by atoms with E-state index in [0.29, 0.717) is 17.9 Å². The van der Waals surface area contributed by atoms with Crippen molar-refractivity contribution in [3.63, 3.8) is 0 Å². The van der Waals surface area contributed by atoms with Gasteiger partial charge >= 0.3 is 5.97 Å². The van der Waals surface area contributed by atoms with Crippen molar-refractivity contribution >= 4 is 52.2 Å². The van der Waals surface area contributed by atoms with E-state index in [2.05, 4.69) is 40.4 Å². The van der Waals surface area contributed by atoms with E-state index < -0.39 is 18.7 Å². The van der Waals surface area contributed by atoms with E-state index in [1.165, 1.54) is 11.8 Å². The number of anilines is 1. The van der Waals surface area contributed by atoms with Gasteiger partial charge in [-0.2, -0.15) is 14.5 Å². The number of hydrazone groups is 1. The molecule has 3 unspecified atom stereocenters. The fraction of sp³-hybridized carbons (Fsp3) is 0.529. The number of alkyl halides is 1. The summed E-state index contributed by atoms with van der Waals surface area (Å²) in [4.78, 5) is 34.8. The standard InChI is InChI=1S/C17H23FN10O4S2/c1-20-17-21-2-3-28(17)22-4-8-6-33-14-9(5-27(14)11(8)15(30)31)23-13(29)10(25-32-7-18)12-24-16(19)34-26-12/h4,9,14,17,20-21H,2-3,5-7H2,1H3,(H,23,29)(H,30,31)(H2,19,24,26)/b22-4+,25-10-. The minimum Gasteiger partial charge on any atom is -0.477 e. The van der Waals surface area contributed by atoms with Crippen LogP contribution >= 0.6 is 23.3 Å². The van der Waals surface area contributed by atoms with Crippen LogP contribution in [0, 0.1) is 0 Å². The number of nitrogens with two attached hydrogens (primary N) is 1. The average molecular weight is 515 g/mol. The van der Waals surface area contributed by atoms with E-state index in [-0.39, 0.29) is 46.6 Å². The number of aromatic nitrogens is 2. The third kappa shape index (κ3) is 4.91. The van der Waals surface area contributed by atoms with E-state index >= 15 is 0 Å². The summed E-state index contributed by atoms with van der Waals surface area (Å²) < 4.78 is 16.4. The molecule has 14 nitrogen and oxygen atoms in total. The monoisotopic (exact) mass is 514 g/mol. The molecule has 0 aliphatic carbocycles. The second kappa shape index (κ2) is 10.5. The van der Waals surface area contributed by atoms with Crippen LogP contribution in [0.1, 0.15) is 5.82 Å². The summed E-state index contributed by atoms with van der Waals surface area (Å²) in [5, 5.41) is 28.4. The van der Waals surface area contributed by atoms with E-state index in [0.717, 1.165) is 18.1 Å². The molecule has 0 spiro atoms. The number of hydrogen-bond acceptors (Lipinski definition) is 14. The molecular weight excluding hydrogens is 491 g/mol. The van der Waals surface area contributed by atoms with Crippen molar-refractivity contribution in [1.82, 2.24) is 35.2 Å². The van der Waals surface area contributed by atoms with Crippen molar-refractivity contribution in [2.45, 2.75) is 17.7 Å². The van der Waals surface area contributed by atoms with Gasteiger partial charge in [-0.25, -0.2) is 9.18 Å². The van der Waals surface area contributed by atoms with Crippen LogP contribution in [0.3, 0.4) is 0 Å². The van der Waals surface area contributed by atoms with Crippen LogP contribution in [0.5, 0.6) is 0 Å². The smallest absolute Gasteiger partial charge is 0.352 e. The number of hydrogen-bond donors (Lipinski definition) is 5. The summed E-state index contributed by atoms with van der Waals surface area (Å²) in [6.07, 6.45) is 1.46. The van der Waals surface area contributed by atoms with Gasteiger partial charge in [0.2, 0.25) is 11.5 Å². The molecule has 3 aliphatic heterocycles. The second-order valence-corrected chi connectivity index (χ2v) is 9.19. The van der Waals surface area contributed by atoms with Crippen molar-refractivity contribution in [2.24, 2.45) is 10.3 Å². The largest absolute Gasteiger partial charge is 0.477 e. The van der Waals surface area contributed by atoms with E-state index in [1.54, 1.807) is 11.1 Å². The molecule has 3 aliphatic rings. The highest BCUT2D eigenvalue weighted by atomic mass is 32.2. The number of fused-ring (bicyclic) bond motifs is 1. The fourth-order valence-corrected chi connectivity index (χ4v) is 5.48. The van der Waals surface area contributed by atoms with Crippen molar-refractivity contribution in [3.05, 3.63) is 17.1 Å². The summed E-state index contributed by atoms with van der Waals surface area (Å²) in [6.45, 7) is 0.492. The van der Waals surface area contributed by atoms with E-state index in [4.69, 9.17) is 5.73 Å². The Balaban J connectivity index is 1.45. The number of oxime groups is 1. The Labute approximate surface area is 201 Å². The summed E-state index contributed by atoms with van der Waals surface area (Å²) in [5.74, 6) is -1.42. The van der Waals surface area contributed by atoms with Crippen molar-refractivity contribution in [3.8, 4) is 0 Å². The lowest BCUT2D eigenvalue weighted by Crippen LogP contribution is -2.67. The molecular formula is C17H23FN10O4S2. The zero-order chi connectivity index (χ0) is 24.2. The molecule has 0 bridgehead atoms. The van der Waals surface area contributed by atoms with Gasteiger partial charge in [-0.3, -0.25) is 20.4 Å². The van der Waals surface area contributed by atoms with Crippen LogP contribution in [-0.2, 0) is 14.4 Å². The summed E-state index contributed by atoms with van der Waals surface area (Å²) in [6, 6.07) is -0.381. The molecule has 1 aromatic rings. The number of aliphatic carboxylic acids is 1. The van der Waals surface area contributed by atoms with Gasteiger partial charge in [0.25, 0.3) is 12.8 Å². The van der Waals surface area contributed by atoms with Gasteiger partial charge in [0.05, 0.1) is 24.2 Å². The van der Waals surface area contributed by atoms with Gasteiger partial charge < -0.3 is 25.9 Å². The molecule has 184 valence electrons. The molecule has 0 aromatic carbocycles. The van der Waals surface area contributed by atoms with Gasteiger partial charge in [-0.05, 0) is 7.05 Å². The Bertz CT molecular complexity index is 1030. The normalized spacial score (nSPS) is 24.9. The molecule has 4 rings (SSSR count). The predicted octanol–water partition coefficient (Wildman–Crippen LogP) is -1.63. The maximum absolute atomic E-state index is 12.8. The maximum atomic E-state index is 12.8. The topological polar surface area (TPSA) is 183 Å². The SMILES string of the molecule is CNC1NCCN1/N=C/C1=C(C(=O)O)N2CC(NC(=O)/C(=N\OCF)c3nsc(N)n3)C2SC1. The molecule has 2 saturated heterocycles. The van der Waals surface area contributed by atoms with Crippen LogP contribution < -0.4 is 21.7 Å². The quantitative estimate of drug-likeness (QED) is 0.188. The van der Waals surface area contributed by atoms with Crippen LogP contribution in [-0.4, -0.2) is 105 Å². The Morgan fingerprint density at radius 3 is 3.00 bits per heavy atom. The Morgan fingerprint density at radius 1 is 1.50 bits per heavy atom. The van der Waals surface area contributed by atoms with Crippen LogP contribution in [0.25, 0.3) is 0 Å². The third-order valence-corrected chi connectivity index (χ3v) is 7.19. The lowest BCUT2D eigenvalue weighted by atomic mass is 10.0. The van der Waals surface area contributed by atoms with Gasteiger partial charge in [0.1, 0.15) is 5.70 Å². The van der Waals surface area contributed by atoms with E-state index in [9.17, 15) is 19.1 Å². The lowest BCUT2D eigenvalue weighted by Gasteiger charge is -2.51. The molecule has 0 radical (unpaired) electrons. The number of halogens is 1. The highest BCUT2D eigenvalue weighted by Gasteiger charge is 2.47. The average Bonchev–Trinajstić information content (AvgIpc) is 3.44. The minimum atomic E-state index is -1.23. The van der Waals surface area contributed by atoms with Crippen molar-refractivity contribution < 1.29 is 23.9 Å². The highest BCUT2D eigenvalue weighted by molar-refractivity contribution is 8.00. The molecule has 2 fully saturated rings. The summed E-state index contributed by atoms with van der Waals surface area (Å²) in [5.41, 5.74) is 5.98. The Hall–Kier alpha value is -3.02. The number of nitrogens with one attached hydrogen (secondary N) is 3. The number of nitrogen functional groups attached to an aromatic ring is 1. The summed E-state index contributed by atoms with van der Waals surface area (Å²) in [7, 11) is 1.81. The third-order valence-electron chi connectivity index (χ3n) is 5.25. The number of amides is 1. The molecule has 3 atom stereocenters. The Morgan fingerprint density at radius 2 is 2.32 bits per heavy atom. The Kier molecular flexibility index (Phi) is 7.44. The van der Waals surface area contributed by atoms with Gasteiger partial charge in [0, 0.05) is 35.9 Å². The zero-order valence-electron chi connectivity index (χ0n) is 18.0. The molecule has 0 saturated carbocycles. The first-order chi connectivity index (χ1) is 16.4. The number of rotatable bonds is 9. The number of nitrogens with zero attached hydrogens (tertiary/aromatic N) is 6. The lowest BCUT2D eigenvalue weighted by molar-refractivity contribution is -0.135. The summed E-state index contributed by atoms with van der Waals surface area (Å²) >= 11 is 2.34. The number of thioether (sulfide) groups is 1. The van der Waals surface area contributed by atoms with Crippen LogP contribution in [0.2, 0.25) is 0 Å². The predicted molar refractivity (Wildman–Crippen MR) is 124 cm³/mol. The fourth-order valence-electron chi connectivity index (χ4n) is 3.72. The molecule has 1 amide bonds. The van der Waals surface area contributed by atoms with Gasteiger partial charge in [-0.15, -0.1) is 11.8 Å². The number of carbonyl (C=O) groups is 2. The second-order valence-electron chi connectivity index (χ2n) is 7.30. The van der Waals surface area contributed by atoms with Crippen molar-refractivity contribution in [2.75, 3.05) is 45.0 Å². The molecule has 17 heteroatoms. The first-order valence-electron chi connectivity index (χ1n) is 10.1. The maximum Gasteiger partial charge on any atom is 0.352 e. The first kappa shape index (κ1) is 24.1. The van der Waals surface area contributed by atoms with Crippen LogP contribution in [0.15, 0.2) is 21.5 Å². The number of carboxylic acid groups (broad SMARTS) is 1. The van der Waals surface area contributed by atoms with Crippen molar-refractivity contribution in [1.29, 1.82) is 0 Å². The number of carboxylic acids is 1. The van der Waals surface area contributed by atoms with Gasteiger partial charge in [-0.1, -0.05) is 5.16 Å². The van der Waals surface area contributed by atoms with E-state index in [1.807, 2.05) is 12.1 Å². The highest BCUT2D eigenvalue weighted by Crippen LogP contribution is 2.39. The van der Waals surface area contributed by atoms with Gasteiger partial charge in [0.15, 0.2) is 11.4 Å². The van der Waals surface area contributed by atoms with Crippen LogP contribution in [0.4, 0.5) is 9.52 Å². The first-order valence-corrected chi connectivity index (χ1v) is 12.0. The number of carbonyl (C=O) groups excluding carboxylic acids is 1. The molecule has 6 N–H and O–H groups in total. The zero-order valence-corrected chi connectivity index (χ0v) is 19.6. The molecule has 4 heterocycles. The minimum absolute atomic E-state index is 0.0816.